The minimum absolute atomic E-state index is 0.0956. The molecular formula is C9H13F2N3O2. The van der Waals surface area contributed by atoms with Crippen LogP contribution in [-0.4, -0.2) is 22.3 Å². The maximum Gasteiger partial charge on any atom is 0.388 e. The second kappa shape index (κ2) is 5.43. The molecular weight excluding hydrogens is 220 g/mol. The lowest BCUT2D eigenvalue weighted by atomic mass is 10.3. The molecule has 1 aromatic rings. The van der Waals surface area contributed by atoms with Crippen LogP contribution in [-0.2, 0) is 11.8 Å². The third-order valence-electron chi connectivity index (χ3n) is 1.79. The Kier molecular flexibility index (Phi) is 4.21. The van der Waals surface area contributed by atoms with Crippen LogP contribution in [0, 0.1) is 0 Å². The monoisotopic (exact) mass is 233 g/mol. The molecule has 0 atom stereocenters. The molecule has 1 aromatic heterocycles. The lowest BCUT2D eigenvalue weighted by Crippen LogP contribution is -2.11. The highest BCUT2D eigenvalue weighted by Gasteiger charge is 2.12. The van der Waals surface area contributed by atoms with Gasteiger partial charge in [0.05, 0.1) is 0 Å². The fourth-order valence-corrected chi connectivity index (χ4v) is 1.15. The molecule has 1 amide bonds. The second-order valence-corrected chi connectivity index (χ2v) is 3.17. The first-order chi connectivity index (χ1) is 7.52. The SMILES string of the molecule is CCCC(=O)Nc1cc(OC(F)F)n(C)n1. The average Bonchev–Trinajstić information content (AvgIpc) is 2.45. The maximum absolute atomic E-state index is 11.9. The molecule has 0 bridgehead atoms. The van der Waals surface area contributed by atoms with Crippen molar-refractivity contribution in [3.05, 3.63) is 6.07 Å². The molecule has 90 valence electrons. The van der Waals surface area contributed by atoms with Gasteiger partial charge in [-0.1, -0.05) is 6.92 Å². The summed E-state index contributed by atoms with van der Waals surface area (Å²) in [6.45, 7) is -1.04. The van der Waals surface area contributed by atoms with E-state index in [1.54, 1.807) is 0 Å². The van der Waals surface area contributed by atoms with Crippen LogP contribution in [0.1, 0.15) is 19.8 Å². The van der Waals surface area contributed by atoms with Gasteiger partial charge in [0.15, 0.2) is 5.82 Å². The van der Waals surface area contributed by atoms with E-state index in [0.29, 0.717) is 12.8 Å². The first-order valence-electron chi connectivity index (χ1n) is 4.81. The summed E-state index contributed by atoms with van der Waals surface area (Å²) in [5.74, 6) is -0.0948. The lowest BCUT2D eigenvalue weighted by molar-refractivity contribution is -0.116. The van der Waals surface area contributed by atoms with Crippen molar-refractivity contribution in [2.75, 3.05) is 5.32 Å². The molecule has 1 heterocycles. The normalized spacial score (nSPS) is 10.6. The summed E-state index contributed by atoms with van der Waals surface area (Å²) < 4.78 is 29.2. The number of hydrogen-bond acceptors (Lipinski definition) is 3. The van der Waals surface area contributed by atoms with Gasteiger partial charge in [0.25, 0.3) is 0 Å². The van der Waals surface area contributed by atoms with Gasteiger partial charge in [0, 0.05) is 19.5 Å². The molecule has 1 rings (SSSR count). The van der Waals surface area contributed by atoms with Crippen molar-refractivity contribution in [3.8, 4) is 5.88 Å². The third-order valence-corrected chi connectivity index (χ3v) is 1.79. The summed E-state index contributed by atoms with van der Waals surface area (Å²) in [4.78, 5) is 11.2. The molecule has 0 fully saturated rings. The Morgan fingerprint density at radius 1 is 1.69 bits per heavy atom. The fraction of sp³-hybridized carbons (Fsp3) is 0.556. The van der Waals surface area contributed by atoms with Crippen LogP contribution in [0.25, 0.3) is 0 Å². The molecule has 7 heteroatoms. The van der Waals surface area contributed by atoms with Gasteiger partial charge in [0.2, 0.25) is 11.8 Å². The Morgan fingerprint density at radius 2 is 2.38 bits per heavy atom. The lowest BCUT2D eigenvalue weighted by Gasteiger charge is -2.01. The number of anilines is 1. The standard InChI is InChI=1S/C9H13F2N3O2/c1-3-4-7(15)12-6-5-8(14(2)13-6)16-9(10)11/h5,9H,3-4H2,1-2H3,(H,12,13,15). The van der Waals surface area contributed by atoms with Crippen LogP contribution in [0.15, 0.2) is 6.07 Å². The molecule has 0 unspecified atom stereocenters. The molecule has 0 saturated heterocycles. The van der Waals surface area contributed by atoms with Gasteiger partial charge in [-0.3, -0.25) is 4.79 Å². The highest BCUT2D eigenvalue weighted by Crippen LogP contribution is 2.18. The van der Waals surface area contributed by atoms with Gasteiger partial charge >= 0.3 is 6.61 Å². The molecule has 0 aromatic carbocycles. The Labute approximate surface area is 91.4 Å². The number of alkyl halides is 2. The van der Waals surface area contributed by atoms with Crippen LogP contribution >= 0.6 is 0 Å². The maximum atomic E-state index is 11.9. The van der Waals surface area contributed by atoms with E-state index < -0.39 is 6.61 Å². The number of nitrogens with one attached hydrogen (secondary N) is 1. The Morgan fingerprint density at radius 3 is 2.94 bits per heavy atom. The van der Waals surface area contributed by atoms with E-state index in [2.05, 4.69) is 15.2 Å². The number of carbonyl (C=O) groups excluding carboxylic acids is 1. The van der Waals surface area contributed by atoms with Crippen LogP contribution in [0.5, 0.6) is 5.88 Å². The van der Waals surface area contributed by atoms with Crippen molar-refractivity contribution in [2.24, 2.45) is 7.05 Å². The molecule has 0 radical (unpaired) electrons. The number of nitrogens with zero attached hydrogens (tertiary/aromatic N) is 2. The Hall–Kier alpha value is -1.66. The second-order valence-electron chi connectivity index (χ2n) is 3.17. The Bertz CT molecular complexity index is 366. The number of aromatic nitrogens is 2. The number of ether oxygens (including phenoxy) is 1. The molecule has 16 heavy (non-hydrogen) atoms. The fourth-order valence-electron chi connectivity index (χ4n) is 1.15. The third kappa shape index (κ3) is 3.48. The topological polar surface area (TPSA) is 56.1 Å². The van der Waals surface area contributed by atoms with Crippen molar-refractivity contribution in [2.45, 2.75) is 26.4 Å². The average molecular weight is 233 g/mol. The summed E-state index contributed by atoms with van der Waals surface area (Å²) in [5.41, 5.74) is 0. The zero-order valence-electron chi connectivity index (χ0n) is 9.04. The zero-order chi connectivity index (χ0) is 12.1. The molecule has 0 aliphatic heterocycles. The van der Waals surface area contributed by atoms with Gasteiger partial charge in [0.1, 0.15) is 0 Å². The van der Waals surface area contributed by atoms with Crippen molar-refractivity contribution in [3.63, 3.8) is 0 Å². The number of aryl methyl sites for hydroxylation is 1. The minimum Gasteiger partial charge on any atom is -0.417 e. The predicted octanol–water partition coefficient (Wildman–Crippen LogP) is 1.76. The summed E-state index contributed by atoms with van der Waals surface area (Å²) >= 11 is 0. The van der Waals surface area contributed by atoms with Crippen molar-refractivity contribution < 1.29 is 18.3 Å². The van der Waals surface area contributed by atoms with E-state index in [1.165, 1.54) is 13.1 Å². The summed E-state index contributed by atoms with van der Waals surface area (Å²) in [6, 6.07) is 1.25. The first-order valence-corrected chi connectivity index (χ1v) is 4.81. The van der Waals surface area contributed by atoms with E-state index in [1.807, 2.05) is 6.92 Å². The van der Waals surface area contributed by atoms with Crippen molar-refractivity contribution >= 4 is 11.7 Å². The van der Waals surface area contributed by atoms with Crippen molar-refractivity contribution in [1.82, 2.24) is 9.78 Å². The predicted molar refractivity (Wildman–Crippen MR) is 53.4 cm³/mol. The molecule has 0 spiro atoms. The first kappa shape index (κ1) is 12.4. The van der Waals surface area contributed by atoms with Crippen LogP contribution in [0.3, 0.4) is 0 Å². The number of halogens is 2. The van der Waals surface area contributed by atoms with Crippen LogP contribution < -0.4 is 10.1 Å². The summed E-state index contributed by atoms with van der Waals surface area (Å²) in [7, 11) is 1.45. The van der Waals surface area contributed by atoms with Gasteiger partial charge in [-0.2, -0.15) is 13.9 Å². The minimum atomic E-state index is -2.91. The van der Waals surface area contributed by atoms with E-state index in [4.69, 9.17) is 0 Å². The number of rotatable bonds is 5. The zero-order valence-corrected chi connectivity index (χ0v) is 9.04. The quantitative estimate of drug-likeness (QED) is 0.843. The van der Waals surface area contributed by atoms with E-state index >= 15 is 0 Å². The summed E-state index contributed by atoms with van der Waals surface area (Å²) in [6.07, 6.45) is 1.07. The largest absolute Gasteiger partial charge is 0.417 e. The van der Waals surface area contributed by atoms with Crippen LogP contribution in [0.4, 0.5) is 14.6 Å². The van der Waals surface area contributed by atoms with Crippen LogP contribution in [0.2, 0.25) is 0 Å². The molecule has 5 nitrogen and oxygen atoms in total. The highest BCUT2D eigenvalue weighted by atomic mass is 19.3. The number of hydrogen-bond donors (Lipinski definition) is 1. The summed E-state index contributed by atoms with van der Waals surface area (Å²) in [5, 5.41) is 6.29. The highest BCUT2D eigenvalue weighted by molar-refractivity contribution is 5.89. The number of amides is 1. The van der Waals surface area contributed by atoms with Gasteiger partial charge in [-0.05, 0) is 6.42 Å². The molecule has 0 aliphatic rings. The molecule has 0 aliphatic carbocycles. The molecule has 0 saturated carbocycles. The van der Waals surface area contributed by atoms with E-state index in [9.17, 15) is 13.6 Å². The number of carbonyl (C=O) groups is 1. The van der Waals surface area contributed by atoms with Gasteiger partial charge < -0.3 is 10.1 Å². The van der Waals surface area contributed by atoms with Gasteiger partial charge in [-0.15, -0.1) is 0 Å². The van der Waals surface area contributed by atoms with Crippen molar-refractivity contribution in [1.29, 1.82) is 0 Å². The molecule has 1 N–H and O–H groups in total. The van der Waals surface area contributed by atoms with Gasteiger partial charge in [-0.25, -0.2) is 4.68 Å². The van der Waals surface area contributed by atoms with E-state index in [-0.39, 0.29) is 17.6 Å². The van der Waals surface area contributed by atoms with E-state index in [0.717, 1.165) is 4.68 Å². The smallest absolute Gasteiger partial charge is 0.388 e. The Balaban J connectivity index is 2.65.